The number of hydrogen-bond acceptors (Lipinski definition) is 4. The molecule has 0 bridgehead atoms. The first-order valence-corrected chi connectivity index (χ1v) is 10.9. The number of likely N-dealkylation sites (tertiary alicyclic amines) is 1. The Morgan fingerprint density at radius 3 is 2.35 bits per heavy atom. The molecule has 6 nitrogen and oxygen atoms in total. The second-order valence-corrected chi connectivity index (χ2v) is 7.99. The van der Waals surface area contributed by atoms with Crippen molar-refractivity contribution in [2.45, 2.75) is 51.8 Å². The van der Waals surface area contributed by atoms with E-state index in [-0.39, 0.29) is 24.3 Å². The van der Waals surface area contributed by atoms with Gasteiger partial charge in [0.1, 0.15) is 18.7 Å². The summed E-state index contributed by atoms with van der Waals surface area (Å²) in [6.45, 7) is 4.58. The maximum atomic E-state index is 13.4. The number of rotatable bonds is 8. The van der Waals surface area contributed by atoms with Crippen LogP contribution in [0.25, 0.3) is 0 Å². The van der Waals surface area contributed by atoms with Gasteiger partial charge in [-0.2, -0.15) is 0 Å². The van der Waals surface area contributed by atoms with E-state index in [1.165, 1.54) is 0 Å². The molecule has 0 saturated carbocycles. The fourth-order valence-electron chi connectivity index (χ4n) is 3.78. The van der Waals surface area contributed by atoms with Crippen molar-refractivity contribution in [1.82, 2.24) is 10.2 Å². The Balaban J connectivity index is 1.68. The van der Waals surface area contributed by atoms with Crippen LogP contribution in [0.15, 0.2) is 60.7 Å². The molecule has 1 aliphatic heterocycles. The number of benzene rings is 2. The van der Waals surface area contributed by atoms with E-state index in [0.717, 1.165) is 18.4 Å². The van der Waals surface area contributed by atoms with Crippen LogP contribution in [0.2, 0.25) is 0 Å². The molecule has 2 aromatic rings. The molecule has 31 heavy (non-hydrogen) atoms. The average molecular weight is 423 g/mol. The van der Waals surface area contributed by atoms with Gasteiger partial charge < -0.3 is 15.0 Å². The standard InChI is InChI=1S/C25H30N2O4/c1-3-18(2)22(26-23(28)20-13-8-5-9-14-20)24(29)27-16-10-15-21(27)25(30)31-17-19-11-6-4-7-12-19/h4-9,11-14,18,21-22H,3,10,15-17H2,1-2H3,(H,26,28)/t18?,21-,22-/m0/s1. The molecule has 1 N–H and O–H groups in total. The summed E-state index contributed by atoms with van der Waals surface area (Å²) in [5.41, 5.74) is 1.41. The van der Waals surface area contributed by atoms with E-state index >= 15 is 0 Å². The quantitative estimate of drug-likeness (QED) is 0.660. The zero-order chi connectivity index (χ0) is 22.2. The average Bonchev–Trinajstić information content (AvgIpc) is 3.31. The normalized spacial score (nSPS) is 17.6. The Kier molecular flexibility index (Phi) is 7.82. The molecule has 1 heterocycles. The molecule has 164 valence electrons. The van der Waals surface area contributed by atoms with Crippen molar-refractivity contribution in [1.29, 1.82) is 0 Å². The predicted molar refractivity (Wildman–Crippen MR) is 118 cm³/mol. The van der Waals surface area contributed by atoms with Gasteiger partial charge in [-0.25, -0.2) is 4.79 Å². The van der Waals surface area contributed by atoms with Crippen LogP contribution < -0.4 is 5.32 Å². The first-order valence-electron chi connectivity index (χ1n) is 10.9. The molecule has 3 atom stereocenters. The molecule has 1 fully saturated rings. The van der Waals surface area contributed by atoms with Gasteiger partial charge in [0, 0.05) is 12.1 Å². The lowest BCUT2D eigenvalue weighted by atomic mass is 9.97. The first-order chi connectivity index (χ1) is 15.0. The minimum atomic E-state index is -0.694. The minimum Gasteiger partial charge on any atom is -0.459 e. The zero-order valence-electron chi connectivity index (χ0n) is 18.1. The fraction of sp³-hybridized carbons (Fsp3) is 0.400. The molecule has 0 aliphatic carbocycles. The number of nitrogens with one attached hydrogen (secondary N) is 1. The van der Waals surface area contributed by atoms with Gasteiger partial charge in [-0.3, -0.25) is 9.59 Å². The van der Waals surface area contributed by atoms with Crippen molar-refractivity contribution in [3.8, 4) is 0 Å². The molecule has 0 radical (unpaired) electrons. The molecule has 0 spiro atoms. The summed E-state index contributed by atoms with van der Waals surface area (Å²) >= 11 is 0. The monoisotopic (exact) mass is 422 g/mol. The van der Waals surface area contributed by atoms with E-state index in [4.69, 9.17) is 4.74 Å². The summed E-state index contributed by atoms with van der Waals surface area (Å²) in [6.07, 6.45) is 2.03. The number of hydrogen-bond donors (Lipinski definition) is 1. The van der Waals surface area contributed by atoms with E-state index in [0.29, 0.717) is 18.5 Å². The van der Waals surface area contributed by atoms with E-state index in [1.807, 2.05) is 50.2 Å². The van der Waals surface area contributed by atoms with Crippen molar-refractivity contribution in [3.63, 3.8) is 0 Å². The number of carbonyl (C=O) groups is 3. The molecular formula is C25H30N2O4. The predicted octanol–water partition coefficient (Wildman–Crippen LogP) is 3.57. The Hall–Kier alpha value is -3.15. The van der Waals surface area contributed by atoms with Crippen LogP contribution in [0.1, 0.15) is 49.0 Å². The first kappa shape index (κ1) is 22.5. The number of nitrogens with zero attached hydrogens (tertiary/aromatic N) is 1. The van der Waals surface area contributed by atoms with Gasteiger partial charge in [0.15, 0.2) is 0 Å². The van der Waals surface area contributed by atoms with Crippen molar-refractivity contribution in [2.75, 3.05) is 6.54 Å². The molecule has 2 amide bonds. The van der Waals surface area contributed by atoms with Gasteiger partial charge in [0.25, 0.3) is 5.91 Å². The van der Waals surface area contributed by atoms with Gasteiger partial charge >= 0.3 is 5.97 Å². The molecule has 2 aromatic carbocycles. The van der Waals surface area contributed by atoms with E-state index in [2.05, 4.69) is 5.32 Å². The molecular weight excluding hydrogens is 392 g/mol. The van der Waals surface area contributed by atoms with Crippen LogP contribution in [0, 0.1) is 5.92 Å². The lowest BCUT2D eigenvalue weighted by Gasteiger charge is -2.31. The SMILES string of the molecule is CCC(C)[C@H](NC(=O)c1ccccc1)C(=O)N1CCC[C@H]1C(=O)OCc1ccccc1. The molecule has 3 rings (SSSR count). The topological polar surface area (TPSA) is 75.7 Å². The maximum absolute atomic E-state index is 13.4. The fourth-order valence-corrected chi connectivity index (χ4v) is 3.78. The van der Waals surface area contributed by atoms with Crippen LogP contribution in [0.4, 0.5) is 0 Å². The van der Waals surface area contributed by atoms with Crippen LogP contribution in [0.3, 0.4) is 0 Å². The van der Waals surface area contributed by atoms with Gasteiger partial charge in [-0.05, 0) is 36.5 Å². The molecule has 6 heteroatoms. The second kappa shape index (κ2) is 10.8. The largest absolute Gasteiger partial charge is 0.459 e. The van der Waals surface area contributed by atoms with Crippen LogP contribution in [0.5, 0.6) is 0 Å². The Labute approximate surface area is 183 Å². The van der Waals surface area contributed by atoms with E-state index in [1.54, 1.807) is 29.2 Å². The molecule has 1 saturated heterocycles. The van der Waals surface area contributed by atoms with Crippen LogP contribution >= 0.6 is 0 Å². The van der Waals surface area contributed by atoms with E-state index < -0.39 is 18.1 Å². The number of carbonyl (C=O) groups excluding carboxylic acids is 3. The highest BCUT2D eigenvalue weighted by molar-refractivity contribution is 5.98. The smallest absolute Gasteiger partial charge is 0.329 e. The van der Waals surface area contributed by atoms with E-state index in [9.17, 15) is 14.4 Å². The van der Waals surface area contributed by atoms with Gasteiger partial charge in [-0.15, -0.1) is 0 Å². The highest BCUT2D eigenvalue weighted by atomic mass is 16.5. The lowest BCUT2D eigenvalue weighted by molar-refractivity contribution is -0.155. The lowest BCUT2D eigenvalue weighted by Crippen LogP contribution is -2.54. The molecule has 1 unspecified atom stereocenters. The second-order valence-electron chi connectivity index (χ2n) is 7.99. The summed E-state index contributed by atoms with van der Waals surface area (Å²) in [7, 11) is 0. The highest BCUT2D eigenvalue weighted by Gasteiger charge is 2.40. The van der Waals surface area contributed by atoms with Crippen molar-refractivity contribution in [3.05, 3.63) is 71.8 Å². The van der Waals surface area contributed by atoms with Crippen molar-refractivity contribution < 1.29 is 19.1 Å². The molecule has 0 aromatic heterocycles. The Morgan fingerprint density at radius 2 is 1.71 bits per heavy atom. The summed E-state index contributed by atoms with van der Waals surface area (Å²) in [5, 5.41) is 2.90. The number of amides is 2. The van der Waals surface area contributed by atoms with Gasteiger partial charge in [0.2, 0.25) is 5.91 Å². The van der Waals surface area contributed by atoms with Gasteiger partial charge in [-0.1, -0.05) is 68.8 Å². The number of ether oxygens (including phenoxy) is 1. The van der Waals surface area contributed by atoms with Crippen molar-refractivity contribution >= 4 is 17.8 Å². The minimum absolute atomic E-state index is 0.0678. The Bertz CT molecular complexity index is 885. The third-order valence-corrected chi connectivity index (χ3v) is 5.83. The van der Waals surface area contributed by atoms with Crippen LogP contribution in [-0.4, -0.2) is 41.3 Å². The summed E-state index contributed by atoms with van der Waals surface area (Å²) < 4.78 is 5.49. The zero-order valence-corrected chi connectivity index (χ0v) is 18.1. The van der Waals surface area contributed by atoms with Crippen molar-refractivity contribution in [2.24, 2.45) is 5.92 Å². The highest BCUT2D eigenvalue weighted by Crippen LogP contribution is 2.23. The summed E-state index contributed by atoms with van der Waals surface area (Å²) in [6, 6.07) is 17.0. The number of esters is 1. The summed E-state index contributed by atoms with van der Waals surface area (Å²) in [4.78, 5) is 40.4. The Morgan fingerprint density at radius 1 is 1.06 bits per heavy atom. The third-order valence-electron chi connectivity index (χ3n) is 5.83. The maximum Gasteiger partial charge on any atom is 0.329 e. The summed E-state index contributed by atoms with van der Waals surface area (Å²) in [5.74, 6) is -0.979. The van der Waals surface area contributed by atoms with Gasteiger partial charge in [0.05, 0.1) is 0 Å². The van der Waals surface area contributed by atoms with Crippen LogP contribution in [-0.2, 0) is 20.9 Å². The molecule has 1 aliphatic rings. The third kappa shape index (κ3) is 5.72.